The van der Waals surface area contributed by atoms with E-state index in [4.69, 9.17) is 0 Å². The summed E-state index contributed by atoms with van der Waals surface area (Å²) in [5.74, 6) is -1.49. The SMILES string of the molecule is CNC(Cc1cc(F)ccc1F)c1ccncc1F. The summed E-state index contributed by atoms with van der Waals surface area (Å²) in [6, 6.07) is 4.33. The van der Waals surface area contributed by atoms with E-state index in [0.717, 1.165) is 24.4 Å². The first-order chi connectivity index (χ1) is 9.11. The fraction of sp³-hybridized carbons (Fsp3) is 0.214. The van der Waals surface area contributed by atoms with Gasteiger partial charge in [-0.1, -0.05) is 0 Å². The predicted octanol–water partition coefficient (Wildman–Crippen LogP) is 3.00. The fourth-order valence-corrected chi connectivity index (χ4v) is 1.96. The topological polar surface area (TPSA) is 24.9 Å². The molecule has 1 N–H and O–H groups in total. The maximum absolute atomic E-state index is 13.6. The van der Waals surface area contributed by atoms with Crippen LogP contribution in [0.3, 0.4) is 0 Å². The lowest BCUT2D eigenvalue weighted by Gasteiger charge is -2.17. The van der Waals surface area contributed by atoms with Gasteiger partial charge in [-0.15, -0.1) is 0 Å². The maximum Gasteiger partial charge on any atom is 0.146 e. The van der Waals surface area contributed by atoms with Gasteiger partial charge in [-0.3, -0.25) is 4.98 Å². The molecule has 2 rings (SSSR count). The first kappa shape index (κ1) is 13.5. The largest absolute Gasteiger partial charge is 0.313 e. The van der Waals surface area contributed by atoms with Crippen LogP contribution < -0.4 is 5.32 Å². The van der Waals surface area contributed by atoms with Crippen molar-refractivity contribution in [1.29, 1.82) is 0 Å². The van der Waals surface area contributed by atoms with Crippen LogP contribution >= 0.6 is 0 Å². The van der Waals surface area contributed by atoms with Gasteiger partial charge < -0.3 is 5.32 Å². The lowest BCUT2D eigenvalue weighted by Crippen LogP contribution is -2.20. The zero-order valence-electron chi connectivity index (χ0n) is 10.3. The van der Waals surface area contributed by atoms with Crippen molar-refractivity contribution in [3.63, 3.8) is 0 Å². The molecule has 5 heteroatoms. The Morgan fingerprint density at radius 1 is 1.16 bits per heavy atom. The van der Waals surface area contributed by atoms with Gasteiger partial charge in [0, 0.05) is 17.8 Å². The average Bonchev–Trinajstić information content (AvgIpc) is 2.41. The zero-order chi connectivity index (χ0) is 13.8. The maximum atomic E-state index is 13.6. The fourth-order valence-electron chi connectivity index (χ4n) is 1.96. The van der Waals surface area contributed by atoms with Crippen LogP contribution in [0, 0.1) is 17.5 Å². The summed E-state index contributed by atoms with van der Waals surface area (Å²) in [4.78, 5) is 3.66. The van der Waals surface area contributed by atoms with Crippen molar-refractivity contribution in [3.8, 4) is 0 Å². The molecule has 0 aliphatic heterocycles. The van der Waals surface area contributed by atoms with E-state index in [1.165, 1.54) is 12.3 Å². The van der Waals surface area contributed by atoms with E-state index in [1.54, 1.807) is 7.05 Å². The highest BCUT2D eigenvalue weighted by Gasteiger charge is 2.16. The van der Waals surface area contributed by atoms with Gasteiger partial charge >= 0.3 is 0 Å². The van der Waals surface area contributed by atoms with Crippen molar-refractivity contribution in [1.82, 2.24) is 10.3 Å². The monoisotopic (exact) mass is 266 g/mol. The molecule has 0 amide bonds. The van der Waals surface area contributed by atoms with Gasteiger partial charge in [-0.2, -0.15) is 0 Å². The van der Waals surface area contributed by atoms with E-state index >= 15 is 0 Å². The molecule has 1 aromatic carbocycles. The average molecular weight is 266 g/mol. The number of halogens is 3. The summed E-state index contributed by atoms with van der Waals surface area (Å²) in [5.41, 5.74) is 0.580. The predicted molar refractivity (Wildman–Crippen MR) is 66.1 cm³/mol. The standard InChI is InChI=1S/C14H13F3N2/c1-18-14(11-4-5-19-8-13(11)17)7-9-6-10(15)2-3-12(9)16/h2-6,8,14,18H,7H2,1H3. The Kier molecular flexibility index (Phi) is 4.16. The van der Waals surface area contributed by atoms with Gasteiger partial charge in [0.05, 0.1) is 6.20 Å². The summed E-state index contributed by atoms with van der Waals surface area (Å²) in [6.45, 7) is 0. The van der Waals surface area contributed by atoms with Gasteiger partial charge in [0.1, 0.15) is 17.5 Å². The van der Waals surface area contributed by atoms with Crippen LogP contribution in [-0.2, 0) is 6.42 Å². The van der Waals surface area contributed by atoms with Crippen molar-refractivity contribution in [2.75, 3.05) is 7.05 Å². The smallest absolute Gasteiger partial charge is 0.146 e. The Morgan fingerprint density at radius 2 is 1.95 bits per heavy atom. The molecule has 0 saturated carbocycles. The van der Waals surface area contributed by atoms with Crippen molar-refractivity contribution in [3.05, 3.63) is 65.2 Å². The van der Waals surface area contributed by atoms with E-state index in [9.17, 15) is 13.2 Å². The molecule has 0 bridgehead atoms. The minimum Gasteiger partial charge on any atom is -0.313 e. The number of rotatable bonds is 4. The van der Waals surface area contributed by atoms with E-state index < -0.39 is 23.5 Å². The van der Waals surface area contributed by atoms with Crippen LogP contribution in [0.4, 0.5) is 13.2 Å². The molecule has 0 fully saturated rings. The number of likely N-dealkylation sites (N-methyl/N-ethyl adjacent to an activating group) is 1. The molecule has 0 saturated heterocycles. The molecule has 0 radical (unpaired) electrons. The van der Waals surface area contributed by atoms with E-state index in [-0.39, 0.29) is 12.0 Å². The summed E-state index contributed by atoms with van der Waals surface area (Å²) >= 11 is 0. The van der Waals surface area contributed by atoms with Crippen molar-refractivity contribution in [2.45, 2.75) is 12.5 Å². The number of aromatic nitrogens is 1. The van der Waals surface area contributed by atoms with Crippen LogP contribution in [0.25, 0.3) is 0 Å². The van der Waals surface area contributed by atoms with Crippen LogP contribution in [0.5, 0.6) is 0 Å². The molecule has 1 unspecified atom stereocenters. The van der Waals surface area contributed by atoms with Crippen molar-refractivity contribution in [2.24, 2.45) is 0 Å². The normalized spacial score (nSPS) is 12.4. The number of hydrogen-bond donors (Lipinski definition) is 1. The first-order valence-electron chi connectivity index (χ1n) is 5.82. The van der Waals surface area contributed by atoms with Crippen LogP contribution in [0.2, 0.25) is 0 Å². The highest BCUT2D eigenvalue weighted by molar-refractivity contribution is 5.24. The molecular formula is C14H13F3N2. The van der Waals surface area contributed by atoms with Gasteiger partial charge in [0.25, 0.3) is 0 Å². The lowest BCUT2D eigenvalue weighted by molar-refractivity contribution is 0.513. The Balaban J connectivity index is 2.29. The summed E-state index contributed by atoms with van der Waals surface area (Å²) in [6.07, 6.45) is 2.72. The molecule has 19 heavy (non-hydrogen) atoms. The van der Waals surface area contributed by atoms with Crippen LogP contribution in [0.15, 0.2) is 36.7 Å². The lowest BCUT2D eigenvalue weighted by atomic mass is 9.99. The molecule has 0 spiro atoms. The second-order valence-corrected chi connectivity index (χ2v) is 4.18. The van der Waals surface area contributed by atoms with Crippen molar-refractivity contribution < 1.29 is 13.2 Å². The second-order valence-electron chi connectivity index (χ2n) is 4.18. The highest BCUT2D eigenvalue weighted by atomic mass is 19.1. The van der Waals surface area contributed by atoms with Gasteiger partial charge in [0.2, 0.25) is 0 Å². The molecule has 1 heterocycles. The minimum absolute atomic E-state index is 0.154. The van der Waals surface area contributed by atoms with E-state index in [0.29, 0.717) is 5.56 Å². The van der Waals surface area contributed by atoms with Gasteiger partial charge in [-0.05, 0) is 43.3 Å². The van der Waals surface area contributed by atoms with Gasteiger partial charge in [-0.25, -0.2) is 13.2 Å². The Bertz CT molecular complexity index is 572. The Morgan fingerprint density at radius 3 is 2.63 bits per heavy atom. The quantitative estimate of drug-likeness (QED) is 0.920. The molecule has 1 atom stereocenters. The van der Waals surface area contributed by atoms with Crippen molar-refractivity contribution >= 4 is 0 Å². The molecule has 2 aromatic rings. The van der Waals surface area contributed by atoms with E-state index in [2.05, 4.69) is 10.3 Å². The Labute approximate surface area is 109 Å². The number of nitrogens with one attached hydrogen (secondary N) is 1. The number of pyridine rings is 1. The third-order valence-electron chi connectivity index (χ3n) is 2.96. The van der Waals surface area contributed by atoms with E-state index in [1.807, 2.05) is 0 Å². The van der Waals surface area contributed by atoms with Crippen LogP contribution in [0.1, 0.15) is 17.2 Å². The zero-order valence-corrected chi connectivity index (χ0v) is 10.3. The number of benzene rings is 1. The first-order valence-corrected chi connectivity index (χ1v) is 5.82. The van der Waals surface area contributed by atoms with Gasteiger partial charge in [0.15, 0.2) is 0 Å². The summed E-state index contributed by atoms with van der Waals surface area (Å²) < 4.78 is 40.3. The molecule has 2 nitrogen and oxygen atoms in total. The molecule has 0 aliphatic carbocycles. The molecule has 100 valence electrons. The third kappa shape index (κ3) is 3.12. The summed E-state index contributed by atoms with van der Waals surface area (Å²) in [7, 11) is 1.64. The third-order valence-corrected chi connectivity index (χ3v) is 2.96. The number of hydrogen-bond acceptors (Lipinski definition) is 2. The highest BCUT2D eigenvalue weighted by Crippen LogP contribution is 2.22. The molecule has 1 aromatic heterocycles. The second kappa shape index (κ2) is 5.84. The molecule has 0 aliphatic rings. The number of nitrogens with zero attached hydrogens (tertiary/aromatic N) is 1. The van der Waals surface area contributed by atoms with Crippen LogP contribution in [-0.4, -0.2) is 12.0 Å². The molecular weight excluding hydrogens is 253 g/mol. The summed E-state index contributed by atoms with van der Waals surface area (Å²) in [5, 5.41) is 2.90. The minimum atomic E-state index is -0.513. The Hall–Kier alpha value is -1.88.